The molecule has 2 aromatic carbocycles. The lowest BCUT2D eigenvalue weighted by Crippen LogP contribution is -2.40. The van der Waals surface area contributed by atoms with Gasteiger partial charge in [0.1, 0.15) is 24.7 Å². The lowest BCUT2D eigenvalue weighted by molar-refractivity contribution is -0.139. The van der Waals surface area contributed by atoms with Crippen molar-refractivity contribution in [2.45, 2.75) is 19.9 Å². The highest BCUT2D eigenvalue weighted by Gasteiger charge is 2.38. The molecule has 1 atom stereocenters. The molecule has 1 N–H and O–H groups in total. The topological polar surface area (TPSA) is 98.6 Å². The van der Waals surface area contributed by atoms with Crippen molar-refractivity contribution in [2.24, 2.45) is 0 Å². The second-order valence-corrected chi connectivity index (χ2v) is 7.40. The Bertz CT molecular complexity index is 1190. The van der Waals surface area contributed by atoms with Gasteiger partial charge >= 0.3 is 5.97 Å². The Morgan fingerprint density at radius 3 is 2.64 bits per heavy atom. The Morgan fingerprint density at radius 1 is 1.12 bits per heavy atom. The van der Waals surface area contributed by atoms with Gasteiger partial charge in [-0.2, -0.15) is 10.1 Å². The first-order valence-electron chi connectivity index (χ1n) is 10.6. The van der Waals surface area contributed by atoms with Gasteiger partial charge in [0.05, 0.1) is 19.3 Å². The number of carbonyl (C=O) groups is 2. The molecule has 2 heterocycles. The highest BCUT2D eigenvalue weighted by Crippen LogP contribution is 2.38. The summed E-state index contributed by atoms with van der Waals surface area (Å²) in [6.07, 6.45) is 1.42. The van der Waals surface area contributed by atoms with E-state index in [4.69, 9.17) is 9.47 Å². The zero-order chi connectivity index (χ0) is 23.4. The van der Waals surface area contributed by atoms with Crippen LogP contribution in [0.2, 0.25) is 0 Å². The van der Waals surface area contributed by atoms with Crippen molar-refractivity contribution in [2.75, 3.05) is 30.5 Å². The maximum atomic E-state index is 13.0. The maximum absolute atomic E-state index is 13.0. The van der Waals surface area contributed by atoms with Crippen molar-refractivity contribution in [3.05, 3.63) is 77.8 Å². The van der Waals surface area contributed by atoms with Crippen LogP contribution in [-0.2, 0) is 14.3 Å². The van der Waals surface area contributed by atoms with E-state index in [1.54, 1.807) is 54.8 Å². The summed E-state index contributed by atoms with van der Waals surface area (Å²) in [5.74, 6) is 0.369. The fourth-order valence-electron chi connectivity index (χ4n) is 3.88. The molecular formula is C24H25N5O4. The van der Waals surface area contributed by atoms with Gasteiger partial charge in [-0.05, 0) is 31.5 Å². The summed E-state index contributed by atoms with van der Waals surface area (Å²) >= 11 is 0. The quantitative estimate of drug-likeness (QED) is 0.556. The maximum Gasteiger partial charge on any atom is 0.338 e. The summed E-state index contributed by atoms with van der Waals surface area (Å²) in [5.41, 5.74) is 2.47. The molecule has 3 aromatic rings. The van der Waals surface area contributed by atoms with Gasteiger partial charge < -0.3 is 19.7 Å². The lowest BCUT2D eigenvalue weighted by Gasteiger charge is -2.35. The van der Waals surface area contributed by atoms with Crippen molar-refractivity contribution in [3.63, 3.8) is 0 Å². The van der Waals surface area contributed by atoms with Crippen LogP contribution < -0.4 is 15.0 Å². The Labute approximate surface area is 191 Å². The third-order valence-electron chi connectivity index (χ3n) is 5.37. The van der Waals surface area contributed by atoms with Crippen molar-refractivity contribution < 1.29 is 19.1 Å². The van der Waals surface area contributed by atoms with Crippen LogP contribution in [0, 0.1) is 0 Å². The van der Waals surface area contributed by atoms with Crippen LogP contribution in [0.15, 0.2) is 72.2 Å². The van der Waals surface area contributed by atoms with Crippen molar-refractivity contribution >= 4 is 23.5 Å². The number of methoxy groups -OCH3 is 1. The van der Waals surface area contributed by atoms with Crippen molar-refractivity contribution in [1.82, 2.24) is 14.8 Å². The predicted octanol–water partition coefficient (Wildman–Crippen LogP) is 3.17. The van der Waals surface area contributed by atoms with E-state index >= 15 is 0 Å². The second-order valence-electron chi connectivity index (χ2n) is 7.40. The molecule has 170 valence electrons. The molecule has 0 bridgehead atoms. The number of rotatable bonds is 7. The smallest absolute Gasteiger partial charge is 0.338 e. The Balaban J connectivity index is 1.70. The van der Waals surface area contributed by atoms with Crippen molar-refractivity contribution in [1.29, 1.82) is 0 Å². The van der Waals surface area contributed by atoms with E-state index in [9.17, 15) is 9.59 Å². The Hall–Kier alpha value is -4.14. The van der Waals surface area contributed by atoms with E-state index in [-0.39, 0.29) is 19.1 Å². The molecule has 4 rings (SSSR count). The van der Waals surface area contributed by atoms with Gasteiger partial charge in [0.2, 0.25) is 11.9 Å². The molecule has 0 radical (unpaired) electrons. The number of fused-ring (bicyclic) bond motifs is 1. The molecule has 1 aliphatic heterocycles. The first-order valence-corrected chi connectivity index (χ1v) is 10.6. The second kappa shape index (κ2) is 9.56. The summed E-state index contributed by atoms with van der Waals surface area (Å²) in [6, 6.07) is 16.1. The number of aromatic nitrogens is 3. The molecular weight excluding hydrogens is 422 g/mol. The van der Waals surface area contributed by atoms with E-state index in [0.717, 1.165) is 5.56 Å². The molecule has 1 amide bonds. The third kappa shape index (κ3) is 4.43. The van der Waals surface area contributed by atoms with Crippen LogP contribution in [0.25, 0.3) is 0 Å². The van der Waals surface area contributed by atoms with Crippen LogP contribution in [0.4, 0.5) is 11.6 Å². The van der Waals surface area contributed by atoms with Gasteiger partial charge in [-0.1, -0.05) is 36.4 Å². The summed E-state index contributed by atoms with van der Waals surface area (Å²) in [7, 11) is 1.57. The fraction of sp³-hybridized carbons (Fsp3) is 0.250. The molecule has 1 aliphatic rings. The average Bonchev–Trinajstić information content (AvgIpc) is 3.30. The standard InChI is InChI=1S/C24H25N5O4/c1-4-33-23(31)21-16(2)28(14-20(30)27-18-11-8-12-19(13-18)32-3)24-25-15-26-29(24)22(21)17-9-6-5-7-10-17/h5-13,15,22H,4,14H2,1-3H3,(H,27,30)/t22-/m1/s1. The fourth-order valence-corrected chi connectivity index (χ4v) is 3.88. The zero-order valence-corrected chi connectivity index (χ0v) is 18.7. The largest absolute Gasteiger partial charge is 0.497 e. The SMILES string of the molecule is CCOC(=O)C1=C(C)N(CC(=O)Nc2cccc(OC)c2)c2ncnn2[C@@H]1c1ccccc1. The van der Waals surface area contributed by atoms with Crippen molar-refractivity contribution in [3.8, 4) is 5.75 Å². The zero-order valence-electron chi connectivity index (χ0n) is 18.7. The number of allylic oxidation sites excluding steroid dienone is 1. The molecule has 9 nitrogen and oxygen atoms in total. The molecule has 9 heteroatoms. The first-order chi connectivity index (χ1) is 16.0. The number of nitrogens with zero attached hydrogens (tertiary/aromatic N) is 4. The Kier molecular flexibility index (Phi) is 6.39. The molecule has 33 heavy (non-hydrogen) atoms. The van der Waals surface area contributed by atoms with E-state index in [1.165, 1.54) is 6.33 Å². The predicted molar refractivity (Wildman–Crippen MR) is 123 cm³/mol. The molecule has 0 unspecified atom stereocenters. The number of hydrogen-bond donors (Lipinski definition) is 1. The van der Waals surface area contributed by atoms with Gasteiger partial charge in [0.15, 0.2) is 0 Å². The number of carbonyl (C=O) groups excluding carboxylic acids is 2. The van der Waals surface area contributed by atoms with Crippen LogP contribution in [0.5, 0.6) is 5.75 Å². The minimum atomic E-state index is -0.513. The number of nitrogens with one attached hydrogen (secondary N) is 1. The summed E-state index contributed by atoms with van der Waals surface area (Å²) < 4.78 is 12.2. The molecule has 0 aliphatic carbocycles. The monoisotopic (exact) mass is 447 g/mol. The van der Waals surface area contributed by atoms with Gasteiger partial charge in [-0.25, -0.2) is 9.48 Å². The minimum absolute atomic E-state index is 0.0633. The Morgan fingerprint density at radius 2 is 1.91 bits per heavy atom. The van der Waals surface area contributed by atoms with E-state index in [1.807, 2.05) is 30.3 Å². The average molecular weight is 447 g/mol. The van der Waals surface area contributed by atoms with Gasteiger partial charge in [-0.15, -0.1) is 0 Å². The number of hydrogen-bond acceptors (Lipinski definition) is 7. The van der Waals surface area contributed by atoms with Gasteiger partial charge in [0.25, 0.3) is 0 Å². The third-order valence-corrected chi connectivity index (χ3v) is 5.37. The van der Waals surface area contributed by atoms with E-state index < -0.39 is 12.0 Å². The van der Waals surface area contributed by atoms with Crippen LogP contribution in [-0.4, -0.2) is 46.9 Å². The highest BCUT2D eigenvalue weighted by atomic mass is 16.5. The number of esters is 1. The molecule has 0 saturated heterocycles. The van der Waals surface area contributed by atoms with E-state index in [2.05, 4.69) is 15.4 Å². The molecule has 0 spiro atoms. The highest BCUT2D eigenvalue weighted by molar-refractivity contribution is 5.96. The summed E-state index contributed by atoms with van der Waals surface area (Å²) in [4.78, 5) is 32.0. The summed E-state index contributed by atoms with van der Waals surface area (Å²) in [6.45, 7) is 3.72. The van der Waals surface area contributed by atoms with Crippen LogP contribution >= 0.6 is 0 Å². The van der Waals surface area contributed by atoms with E-state index in [0.29, 0.717) is 28.7 Å². The molecule has 0 fully saturated rings. The summed E-state index contributed by atoms with van der Waals surface area (Å²) in [5, 5.41) is 7.24. The minimum Gasteiger partial charge on any atom is -0.497 e. The normalized spacial score (nSPS) is 15.1. The first kappa shape index (κ1) is 22.1. The van der Waals surface area contributed by atoms with Gasteiger partial charge in [0, 0.05) is 17.5 Å². The number of ether oxygens (including phenoxy) is 2. The number of amides is 1. The van der Waals surface area contributed by atoms with Crippen LogP contribution in [0.3, 0.4) is 0 Å². The number of benzene rings is 2. The number of anilines is 2. The molecule has 1 aromatic heterocycles. The van der Waals surface area contributed by atoms with Gasteiger partial charge in [-0.3, -0.25) is 4.79 Å². The van der Waals surface area contributed by atoms with Crippen LogP contribution in [0.1, 0.15) is 25.5 Å². The lowest BCUT2D eigenvalue weighted by atomic mass is 9.95. The molecule has 0 saturated carbocycles.